The summed E-state index contributed by atoms with van der Waals surface area (Å²) in [5, 5.41) is 8.13. The van der Waals surface area contributed by atoms with Gasteiger partial charge >= 0.3 is 0 Å². The summed E-state index contributed by atoms with van der Waals surface area (Å²) in [4.78, 5) is 26.4. The summed E-state index contributed by atoms with van der Waals surface area (Å²) in [6, 6.07) is 6.88. The van der Waals surface area contributed by atoms with Crippen molar-refractivity contribution in [3.8, 4) is 0 Å². The predicted octanol–water partition coefficient (Wildman–Crippen LogP) is 1.66. The fraction of sp³-hybridized carbons (Fsp3) is 0.368. The van der Waals surface area contributed by atoms with Crippen LogP contribution in [0.15, 0.2) is 30.3 Å². The van der Waals surface area contributed by atoms with Crippen LogP contribution in [-0.2, 0) is 17.9 Å². The van der Waals surface area contributed by atoms with Crippen molar-refractivity contribution in [2.45, 2.75) is 45.3 Å². The molecule has 4 rings (SSSR count). The second kappa shape index (κ2) is 6.40. The highest BCUT2D eigenvalue weighted by molar-refractivity contribution is 5.97. The lowest BCUT2D eigenvalue weighted by Crippen LogP contribution is -2.53. The van der Waals surface area contributed by atoms with E-state index in [9.17, 15) is 9.59 Å². The van der Waals surface area contributed by atoms with Gasteiger partial charge in [-0.1, -0.05) is 18.2 Å². The maximum absolute atomic E-state index is 13.0. The molecule has 7 nitrogen and oxygen atoms in total. The molecule has 0 spiro atoms. The Morgan fingerprint density at radius 3 is 2.62 bits per heavy atom. The van der Waals surface area contributed by atoms with Crippen LogP contribution in [0.25, 0.3) is 5.57 Å². The fourth-order valence-corrected chi connectivity index (χ4v) is 3.70. The summed E-state index contributed by atoms with van der Waals surface area (Å²) in [6.45, 7) is 2.34. The first-order valence-corrected chi connectivity index (χ1v) is 8.83. The quantitative estimate of drug-likeness (QED) is 0.910. The van der Waals surface area contributed by atoms with Crippen LogP contribution in [0.5, 0.6) is 0 Å². The van der Waals surface area contributed by atoms with Gasteiger partial charge in [0, 0.05) is 5.56 Å². The Labute approximate surface area is 151 Å². The topological polar surface area (TPSA) is 94.1 Å². The summed E-state index contributed by atoms with van der Waals surface area (Å²) >= 11 is 0. The maximum Gasteiger partial charge on any atom is 0.255 e. The Hall–Kier alpha value is -2.96. The SMILES string of the molecule is Cc1nnc2n1CC(C(N)=O)N(C(=O)c1ccc(C3=CCCC3)cc1)C2. The predicted molar refractivity (Wildman–Crippen MR) is 95.9 cm³/mol. The Morgan fingerprint density at radius 2 is 1.96 bits per heavy atom. The van der Waals surface area contributed by atoms with Gasteiger partial charge in [0.05, 0.1) is 13.1 Å². The minimum Gasteiger partial charge on any atom is -0.368 e. The van der Waals surface area contributed by atoms with E-state index < -0.39 is 11.9 Å². The summed E-state index contributed by atoms with van der Waals surface area (Å²) in [6.07, 6.45) is 5.63. The number of amides is 2. The minimum absolute atomic E-state index is 0.215. The number of nitrogens with two attached hydrogens (primary N) is 1. The molecule has 0 bridgehead atoms. The number of carbonyl (C=O) groups excluding carboxylic acids is 2. The zero-order chi connectivity index (χ0) is 18.3. The standard InChI is InChI=1S/C19H21N5O2/c1-12-21-22-17-11-24(16(18(20)25)10-23(12)17)19(26)15-8-6-14(7-9-15)13-4-2-3-5-13/h4,6-9,16H,2-3,5,10-11H2,1H3,(H2,20,25). The molecule has 7 heteroatoms. The van der Waals surface area contributed by atoms with Gasteiger partial charge in [-0.25, -0.2) is 0 Å². The highest BCUT2D eigenvalue weighted by Crippen LogP contribution is 2.28. The molecule has 0 saturated carbocycles. The molecule has 1 aromatic heterocycles. The highest BCUT2D eigenvalue weighted by Gasteiger charge is 2.35. The normalized spacial score (nSPS) is 19.2. The van der Waals surface area contributed by atoms with Crippen molar-refractivity contribution in [2.24, 2.45) is 5.73 Å². The molecular formula is C19H21N5O2. The second-order valence-electron chi connectivity index (χ2n) is 6.82. The molecular weight excluding hydrogens is 330 g/mol. The molecule has 1 aliphatic heterocycles. The van der Waals surface area contributed by atoms with Gasteiger partial charge in [0.1, 0.15) is 11.9 Å². The third-order valence-corrected chi connectivity index (χ3v) is 5.19. The molecule has 1 unspecified atom stereocenters. The van der Waals surface area contributed by atoms with Gasteiger partial charge in [-0.2, -0.15) is 0 Å². The number of hydrogen-bond acceptors (Lipinski definition) is 4. The lowest BCUT2D eigenvalue weighted by atomic mass is 10.0. The summed E-state index contributed by atoms with van der Waals surface area (Å²) in [5.74, 6) is 0.645. The van der Waals surface area contributed by atoms with Crippen LogP contribution in [0, 0.1) is 6.92 Å². The number of allylic oxidation sites excluding steroid dienone is 2. The van der Waals surface area contributed by atoms with E-state index in [1.54, 1.807) is 0 Å². The summed E-state index contributed by atoms with van der Waals surface area (Å²) < 4.78 is 1.84. The minimum atomic E-state index is -0.707. The number of primary amides is 1. The van der Waals surface area contributed by atoms with Gasteiger partial charge in [0.25, 0.3) is 5.91 Å². The zero-order valence-corrected chi connectivity index (χ0v) is 14.7. The largest absolute Gasteiger partial charge is 0.368 e. The van der Waals surface area contributed by atoms with Crippen LogP contribution in [-0.4, -0.2) is 37.5 Å². The van der Waals surface area contributed by atoms with E-state index >= 15 is 0 Å². The molecule has 2 N–H and O–H groups in total. The molecule has 0 saturated heterocycles. The van der Waals surface area contributed by atoms with Gasteiger partial charge in [0.15, 0.2) is 5.82 Å². The first kappa shape index (κ1) is 16.5. The van der Waals surface area contributed by atoms with Crippen LogP contribution in [0.3, 0.4) is 0 Å². The van der Waals surface area contributed by atoms with Crippen LogP contribution in [0.4, 0.5) is 0 Å². The first-order valence-electron chi connectivity index (χ1n) is 8.83. The Balaban J connectivity index is 1.60. The van der Waals surface area contributed by atoms with Crippen molar-refractivity contribution in [1.29, 1.82) is 0 Å². The van der Waals surface area contributed by atoms with Gasteiger partial charge in [-0.15, -0.1) is 10.2 Å². The van der Waals surface area contributed by atoms with Gasteiger partial charge in [0.2, 0.25) is 5.91 Å². The van der Waals surface area contributed by atoms with Crippen molar-refractivity contribution in [3.05, 3.63) is 53.1 Å². The Morgan fingerprint density at radius 1 is 1.19 bits per heavy atom. The smallest absolute Gasteiger partial charge is 0.255 e. The average Bonchev–Trinajstić information content (AvgIpc) is 3.30. The fourth-order valence-electron chi connectivity index (χ4n) is 3.70. The molecule has 1 aliphatic carbocycles. The van der Waals surface area contributed by atoms with E-state index in [1.807, 2.05) is 35.8 Å². The molecule has 134 valence electrons. The van der Waals surface area contributed by atoms with Crippen LogP contribution in [0.2, 0.25) is 0 Å². The van der Waals surface area contributed by atoms with E-state index in [1.165, 1.54) is 16.9 Å². The number of aryl methyl sites for hydroxylation is 1. The van der Waals surface area contributed by atoms with E-state index in [0.29, 0.717) is 23.8 Å². The number of rotatable bonds is 3. The Kier molecular flexibility index (Phi) is 4.06. The molecule has 0 radical (unpaired) electrons. The highest BCUT2D eigenvalue weighted by atomic mass is 16.2. The number of nitrogens with zero attached hydrogens (tertiary/aromatic N) is 4. The summed E-state index contributed by atoms with van der Waals surface area (Å²) in [5.41, 5.74) is 8.59. The average molecular weight is 351 g/mol. The molecule has 26 heavy (non-hydrogen) atoms. The van der Waals surface area contributed by atoms with Gasteiger partial charge in [-0.3, -0.25) is 9.59 Å². The van der Waals surface area contributed by atoms with Crippen LogP contribution >= 0.6 is 0 Å². The molecule has 2 aliphatic rings. The number of carbonyl (C=O) groups is 2. The van der Waals surface area contributed by atoms with Crippen molar-refractivity contribution in [1.82, 2.24) is 19.7 Å². The molecule has 0 fully saturated rings. The van der Waals surface area contributed by atoms with Crippen LogP contribution < -0.4 is 5.73 Å². The number of fused-ring (bicyclic) bond motifs is 1. The third-order valence-electron chi connectivity index (χ3n) is 5.19. The molecule has 2 heterocycles. The third kappa shape index (κ3) is 2.79. The lowest BCUT2D eigenvalue weighted by Gasteiger charge is -2.34. The summed E-state index contributed by atoms with van der Waals surface area (Å²) in [7, 11) is 0. The lowest BCUT2D eigenvalue weighted by molar-refractivity contribution is -0.123. The van der Waals surface area contributed by atoms with Gasteiger partial charge in [-0.05, 0) is 49.5 Å². The van der Waals surface area contributed by atoms with Gasteiger partial charge < -0.3 is 15.2 Å². The van der Waals surface area contributed by atoms with Crippen molar-refractivity contribution in [3.63, 3.8) is 0 Å². The van der Waals surface area contributed by atoms with Crippen molar-refractivity contribution >= 4 is 17.4 Å². The monoisotopic (exact) mass is 351 g/mol. The molecule has 1 aromatic carbocycles. The van der Waals surface area contributed by atoms with Crippen LogP contribution in [0.1, 0.15) is 46.8 Å². The molecule has 2 amide bonds. The van der Waals surface area contributed by atoms with Crippen molar-refractivity contribution in [2.75, 3.05) is 0 Å². The first-order chi connectivity index (χ1) is 12.5. The van der Waals surface area contributed by atoms with E-state index in [2.05, 4.69) is 16.3 Å². The number of hydrogen-bond donors (Lipinski definition) is 1. The second-order valence-corrected chi connectivity index (χ2v) is 6.82. The van der Waals surface area contributed by atoms with E-state index in [4.69, 9.17) is 5.73 Å². The molecule has 2 aromatic rings. The number of aromatic nitrogens is 3. The zero-order valence-electron chi connectivity index (χ0n) is 14.7. The Bertz CT molecular complexity index is 897. The van der Waals surface area contributed by atoms with E-state index in [0.717, 1.165) is 18.4 Å². The van der Waals surface area contributed by atoms with E-state index in [-0.39, 0.29) is 12.5 Å². The number of benzene rings is 1. The van der Waals surface area contributed by atoms with Crippen molar-refractivity contribution < 1.29 is 9.59 Å². The molecule has 1 atom stereocenters. The maximum atomic E-state index is 13.0.